The molecule has 1 unspecified atom stereocenters. The van der Waals surface area contributed by atoms with Gasteiger partial charge in [0.05, 0.1) is 16.3 Å². The minimum Gasteiger partial charge on any atom is -0.328 e. The first-order valence-electron chi connectivity index (χ1n) is 4.78. The number of aryl methyl sites for hydroxylation is 1. The number of hydrogen-bond donors (Lipinski definition) is 1. The Hall–Kier alpha value is -0.810. The standard InChI is InChI=1S/C10H12ClF3N2/c1-6(15)2-3-9-8(11)4-7(5-16-9)10(12,13)14/h4-6H,2-3,15H2,1H3. The summed E-state index contributed by atoms with van der Waals surface area (Å²) in [6.45, 7) is 1.82. The van der Waals surface area contributed by atoms with Gasteiger partial charge >= 0.3 is 6.18 Å². The summed E-state index contributed by atoms with van der Waals surface area (Å²) >= 11 is 5.72. The van der Waals surface area contributed by atoms with Crippen molar-refractivity contribution in [2.45, 2.75) is 32.0 Å². The lowest BCUT2D eigenvalue weighted by Gasteiger charge is -2.09. The van der Waals surface area contributed by atoms with Crippen molar-refractivity contribution < 1.29 is 13.2 Å². The van der Waals surface area contributed by atoms with Crippen molar-refractivity contribution in [1.29, 1.82) is 0 Å². The van der Waals surface area contributed by atoms with Crippen LogP contribution in [-0.4, -0.2) is 11.0 Å². The normalized spacial score (nSPS) is 13.9. The molecule has 1 rings (SSSR count). The molecule has 0 aromatic carbocycles. The molecule has 1 aromatic heterocycles. The van der Waals surface area contributed by atoms with E-state index in [1.807, 2.05) is 6.92 Å². The molecule has 2 N–H and O–H groups in total. The summed E-state index contributed by atoms with van der Waals surface area (Å²) in [4.78, 5) is 3.71. The Balaban J connectivity index is 2.84. The molecule has 0 radical (unpaired) electrons. The molecule has 2 nitrogen and oxygen atoms in total. The van der Waals surface area contributed by atoms with Gasteiger partial charge in [0.1, 0.15) is 0 Å². The van der Waals surface area contributed by atoms with E-state index in [9.17, 15) is 13.2 Å². The molecule has 0 saturated carbocycles. The number of nitrogens with two attached hydrogens (primary N) is 1. The minimum atomic E-state index is -4.41. The number of hydrogen-bond acceptors (Lipinski definition) is 2. The summed E-state index contributed by atoms with van der Waals surface area (Å²) in [5, 5.41) is 0.0375. The third-order valence-corrected chi connectivity index (χ3v) is 2.41. The van der Waals surface area contributed by atoms with Gasteiger partial charge in [-0.25, -0.2) is 0 Å². The third kappa shape index (κ3) is 3.64. The Bertz CT molecular complexity index is 364. The number of halogens is 4. The average molecular weight is 253 g/mol. The van der Waals surface area contributed by atoms with E-state index in [2.05, 4.69) is 4.98 Å². The Morgan fingerprint density at radius 3 is 2.56 bits per heavy atom. The molecule has 16 heavy (non-hydrogen) atoms. The number of rotatable bonds is 3. The van der Waals surface area contributed by atoms with E-state index in [1.54, 1.807) is 0 Å². The van der Waals surface area contributed by atoms with Crippen LogP contribution in [0.15, 0.2) is 12.3 Å². The second kappa shape index (κ2) is 5.01. The molecule has 0 fully saturated rings. The Kier molecular flexibility index (Phi) is 4.15. The lowest BCUT2D eigenvalue weighted by Crippen LogP contribution is -2.16. The maximum Gasteiger partial charge on any atom is 0.417 e. The van der Waals surface area contributed by atoms with Crippen LogP contribution in [0.2, 0.25) is 5.02 Å². The van der Waals surface area contributed by atoms with Crippen LogP contribution < -0.4 is 5.73 Å². The molecule has 0 aliphatic rings. The van der Waals surface area contributed by atoms with Crippen LogP contribution >= 0.6 is 11.6 Å². The van der Waals surface area contributed by atoms with E-state index >= 15 is 0 Å². The number of nitrogens with zero attached hydrogens (tertiary/aromatic N) is 1. The summed E-state index contributed by atoms with van der Waals surface area (Å²) in [6, 6.07) is 0.866. The first-order chi connectivity index (χ1) is 7.30. The van der Waals surface area contributed by atoms with Crippen molar-refractivity contribution in [3.8, 4) is 0 Å². The van der Waals surface area contributed by atoms with Crippen LogP contribution in [0.3, 0.4) is 0 Å². The topological polar surface area (TPSA) is 38.9 Å². The average Bonchev–Trinajstić information content (AvgIpc) is 2.14. The predicted octanol–water partition coefficient (Wildman–Crippen LogP) is 3.03. The molecule has 1 atom stereocenters. The highest BCUT2D eigenvalue weighted by Gasteiger charge is 2.31. The van der Waals surface area contributed by atoms with Crippen LogP contribution in [-0.2, 0) is 12.6 Å². The van der Waals surface area contributed by atoms with Crippen molar-refractivity contribution in [3.05, 3.63) is 28.5 Å². The van der Waals surface area contributed by atoms with Gasteiger partial charge in [0.2, 0.25) is 0 Å². The van der Waals surface area contributed by atoms with Crippen molar-refractivity contribution >= 4 is 11.6 Å². The maximum atomic E-state index is 12.3. The SMILES string of the molecule is CC(N)CCc1ncc(C(F)(F)F)cc1Cl. The van der Waals surface area contributed by atoms with E-state index in [-0.39, 0.29) is 11.1 Å². The smallest absolute Gasteiger partial charge is 0.328 e. The summed E-state index contributed by atoms with van der Waals surface area (Å²) in [7, 11) is 0. The molecule has 0 aliphatic heterocycles. The van der Waals surface area contributed by atoms with E-state index in [4.69, 9.17) is 17.3 Å². The maximum absolute atomic E-state index is 12.3. The molecule has 90 valence electrons. The van der Waals surface area contributed by atoms with Crippen LogP contribution in [0.5, 0.6) is 0 Å². The minimum absolute atomic E-state index is 0.0276. The summed E-state index contributed by atoms with van der Waals surface area (Å²) in [5.74, 6) is 0. The highest BCUT2D eigenvalue weighted by molar-refractivity contribution is 6.31. The van der Waals surface area contributed by atoms with E-state index < -0.39 is 11.7 Å². The van der Waals surface area contributed by atoms with Gasteiger partial charge < -0.3 is 5.73 Å². The molecular weight excluding hydrogens is 241 g/mol. The quantitative estimate of drug-likeness (QED) is 0.898. The van der Waals surface area contributed by atoms with Crippen molar-refractivity contribution in [2.75, 3.05) is 0 Å². The molecule has 0 saturated heterocycles. The van der Waals surface area contributed by atoms with Gasteiger partial charge in [-0.05, 0) is 25.8 Å². The van der Waals surface area contributed by atoms with Crippen molar-refractivity contribution in [3.63, 3.8) is 0 Å². The lowest BCUT2D eigenvalue weighted by molar-refractivity contribution is -0.137. The predicted molar refractivity (Wildman–Crippen MR) is 56.2 cm³/mol. The second-order valence-electron chi connectivity index (χ2n) is 3.67. The number of aromatic nitrogens is 1. The van der Waals surface area contributed by atoms with Crippen molar-refractivity contribution in [1.82, 2.24) is 4.98 Å². The molecule has 6 heteroatoms. The summed E-state index contributed by atoms with van der Waals surface area (Å²) < 4.78 is 36.9. The lowest BCUT2D eigenvalue weighted by atomic mass is 10.1. The fourth-order valence-electron chi connectivity index (χ4n) is 1.17. The van der Waals surface area contributed by atoms with Crippen molar-refractivity contribution in [2.24, 2.45) is 5.73 Å². The van der Waals surface area contributed by atoms with Gasteiger partial charge in [-0.3, -0.25) is 4.98 Å². The first-order valence-corrected chi connectivity index (χ1v) is 5.15. The van der Waals surface area contributed by atoms with Gasteiger partial charge in [-0.15, -0.1) is 0 Å². The van der Waals surface area contributed by atoms with Gasteiger partial charge in [-0.2, -0.15) is 13.2 Å². The van der Waals surface area contributed by atoms with E-state index in [0.29, 0.717) is 18.5 Å². The van der Waals surface area contributed by atoms with E-state index in [1.165, 1.54) is 0 Å². The number of pyridine rings is 1. The van der Waals surface area contributed by atoms with Crippen LogP contribution in [0, 0.1) is 0 Å². The Labute approximate surface area is 96.6 Å². The Morgan fingerprint density at radius 1 is 1.50 bits per heavy atom. The largest absolute Gasteiger partial charge is 0.417 e. The first kappa shape index (κ1) is 13.3. The van der Waals surface area contributed by atoms with Crippen LogP contribution in [0.4, 0.5) is 13.2 Å². The van der Waals surface area contributed by atoms with Gasteiger partial charge in [0, 0.05) is 12.2 Å². The highest BCUT2D eigenvalue weighted by atomic mass is 35.5. The molecular formula is C10H12ClF3N2. The zero-order valence-electron chi connectivity index (χ0n) is 8.68. The molecule has 0 aliphatic carbocycles. The number of alkyl halides is 3. The van der Waals surface area contributed by atoms with Crippen LogP contribution in [0.1, 0.15) is 24.6 Å². The zero-order valence-corrected chi connectivity index (χ0v) is 9.44. The monoisotopic (exact) mass is 252 g/mol. The Morgan fingerprint density at radius 2 is 2.12 bits per heavy atom. The molecule has 0 spiro atoms. The zero-order chi connectivity index (χ0) is 12.3. The van der Waals surface area contributed by atoms with Gasteiger partial charge in [0.25, 0.3) is 0 Å². The molecule has 1 aromatic rings. The summed E-state index contributed by atoms with van der Waals surface area (Å²) in [6.07, 6.45) is -2.49. The van der Waals surface area contributed by atoms with E-state index in [0.717, 1.165) is 12.3 Å². The fourth-order valence-corrected chi connectivity index (χ4v) is 1.43. The molecule has 1 heterocycles. The third-order valence-electron chi connectivity index (χ3n) is 2.08. The highest BCUT2D eigenvalue weighted by Crippen LogP contribution is 2.31. The second-order valence-corrected chi connectivity index (χ2v) is 4.07. The molecule has 0 amide bonds. The fraction of sp³-hybridized carbons (Fsp3) is 0.500. The van der Waals surface area contributed by atoms with Gasteiger partial charge in [-0.1, -0.05) is 11.6 Å². The summed E-state index contributed by atoms with van der Waals surface area (Å²) in [5.41, 5.74) is 5.16. The van der Waals surface area contributed by atoms with Gasteiger partial charge in [0.15, 0.2) is 0 Å². The molecule has 0 bridgehead atoms. The van der Waals surface area contributed by atoms with Crippen LogP contribution in [0.25, 0.3) is 0 Å².